The van der Waals surface area contributed by atoms with E-state index >= 15 is 0 Å². The Morgan fingerprint density at radius 2 is 2.17 bits per heavy atom. The molecule has 0 amide bonds. The van der Waals surface area contributed by atoms with Gasteiger partial charge in [-0.05, 0) is 24.6 Å². The van der Waals surface area contributed by atoms with Crippen LogP contribution in [0, 0.1) is 6.92 Å². The highest BCUT2D eigenvalue weighted by Crippen LogP contribution is 2.22. The Morgan fingerprint density at radius 3 is 2.92 bits per heavy atom. The molecule has 2 aromatic rings. The van der Waals surface area contributed by atoms with Crippen molar-refractivity contribution in [3.05, 3.63) is 28.9 Å². The lowest BCUT2D eigenvalue weighted by atomic mass is 10.2. The van der Waals surface area contributed by atoms with Crippen molar-refractivity contribution < 1.29 is 0 Å². The Labute approximate surface area is 75.8 Å². The maximum atomic E-state index is 5.90. The van der Waals surface area contributed by atoms with E-state index in [1.807, 2.05) is 19.2 Å². The van der Waals surface area contributed by atoms with Crippen LogP contribution in [0.5, 0.6) is 0 Å². The van der Waals surface area contributed by atoms with Crippen molar-refractivity contribution in [2.24, 2.45) is 7.05 Å². The van der Waals surface area contributed by atoms with Crippen molar-refractivity contribution in [3.8, 4) is 0 Å². The summed E-state index contributed by atoms with van der Waals surface area (Å²) in [6.45, 7) is 2.06. The van der Waals surface area contributed by atoms with E-state index < -0.39 is 0 Å². The minimum atomic E-state index is 0.576. The van der Waals surface area contributed by atoms with Crippen LogP contribution in [0.2, 0.25) is 5.15 Å². The van der Waals surface area contributed by atoms with Crippen LogP contribution in [-0.2, 0) is 7.05 Å². The van der Waals surface area contributed by atoms with Crippen molar-refractivity contribution in [1.82, 2.24) is 9.78 Å². The molecule has 2 nitrogen and oxygen atoms in total. The standard InChI is InChI=1S/C9H9ClN2/c1-6-3-4-7-8(5-6)12(2)11-9(7)10/h3-5H,1-2H3. The average Bonchev–Trinajstić information content (AvgIpc) is 2.28. The highest BCUT2D eigenvalue weighted by atomic mass is 35.5. The van der Waals surface area contributed by atoms with Crippen molar-refractivity contribution >= 4 is 22.5 Å². The van der Waals surface area contributed by atoms with Crippen LogP contribution in [0.4, 0.5) is 0 Å². The topological polar surface area (TPSA) is 17.8 Å². The van der Waals surface area contributed by atoms with Gasteiger partial charge in [0.05, 0.1) is 5.52 Å². The number of hydrogen-bond acceptors (Lipinski definition) is 1. The molecule has 0 saturated heterocycles. The van der Waals surface area contributed by atoms with E-state index in [2.05, 4.69) is 18.1 Å². The molecular formula is C9H9ClN2. The van der Waals surface area contributed by atoms with Gasteiger partial charge in [0.2, 0.25) is 0 Å². The van der Waals surface area contributed by atoms with Gasteiger partial charge in [-0.25, -0.2) is 0 Å². The normalized spacial score (nSPS) is 10.9. The SMILES string of the molecule is Cc1ccc2c(Cl)nn(C)c2c1. The van der Waals surface area contributed by atoms with E-state index in [0.29, 0.717) is 5.15 Å². The zero-order chi connectivity index (χ0) is 8.72. The summed E-state index contributed by atoms with van der Waals surface area (Å²) in [6.07, 6.45) is 0. The molecule has 2 rings (SSSR count). The van der Waals surface area contributed by atoms with Gasteiger partial charge in [0.25, 0.3) is 0 Å². The van der Waals surface area contributed by atoms with Gasteiger partial charge in [-0.3, -0.25) is 4.68 Å². The Kier molecular flexibility index (Phi) is 1.58. The molecule has 0 unspecified atom stereocenters. The third-order valence-corrected chi connectivity index (χ3v) is 2.24. The molecule has 0 spiro atoms. The first-order valence-electron chi connectivity index (χ1n) is 3.77. The highest BCUT2D eigenvalue weighted by Gasteiger charge is 2.04. The zero-order valence-electron chi connectivity index (χ0n) is 7.00. The number of benzene rings is 1. The molecule has 1 aromatic heterocycles. The molecule has 0 fully saturated rings. The lowest BCUT2D eigenvalue weighted by Gasteiger charge is -1.94. The van der Waals surface area contributed by atoms with Gasteiger partial charge in [-0.1, -0.05) is 17.7 Å². The Balaban J connectivity index is 2.90. The minimum Gasteiger partial charge on any atom is -0.266 e. The Hall–Kier alpha value is -1.02. The molecule has 62 valence electrons. The van der Waals surface area contributed by atoms with E-state index in [0.717, 1.165) is 10.9 Å². The van der Waals surface area contributed by atoms with Crippen LogP contribution < -0.4 is 0 Å². The molecule has 0 N–H and O–H groups in total. The first-order valence-corrected chi connectivity index (χ1v) is 4.15. The largest absolute Gasteiger partial charge is 0.266 e. The summed E-state index contributed by atoms with van der Waals surface area (Å²) in [6, 6.07) is 6.12. The summed E-state index contributed by atoms with van der Waals surface area (Å²) in [5, 5.41) is 5.71. The molecule has 0 bridgehead atoms. The molecule has 12 heavy (non-hydrogen) atoms. The van der Waals surface area contributed by atoms with Gasteiger partial charge in [-0.15, -0.1) is 0 Å². The monoisotopic (exact) mass is 180 g/mol. The molecule has 0 radical (unpaired) electrons. The molecular weight excluding hydrogens is 172 g/mol. The van der Waals surface area contributed by atoms with E-state index in [-0.39, 0.29) is 0 Å². The lowest BCUT2D eigenvalue weighted by molar-refractivity contribution is 0.797. The molecule has 0 saturated carbocycles. The van der Waals surface area contributed by atoms with Crippen LogP contribution in [-0.4, -0.2) is 9.78 Å². The maximum Gasteiger partial charge on any atom is 0.158 e. The summed E-state index contributed by atoms with van der Waals surface area (Å²) >= 11 is 5.90. The number of hydrogen-bond donors (Lipinski definition) is 0. The van der Waals surface area contributed by atoms with Crippen LogP contribution >= 0.6 is 11.6 Å². The van der Waals surface area contributed by atoms with E-state index in [1.54, 1.807) is 4.68 Å². The third kappa shape index (κ3) is 0.994. The maximum absolute atomic E-state index is 5.90. The minimum absolute atomic E-state index is 0.576. The molecule has 1 aromatic carbocycles. The quantitative estimate of drug-likeness (QED) is 0.609. The Bertz CT molecular complexity index is 431. The van der Waals surface area contributed by atoms with Gasteiger partial charge < -0.3 is 0 Å². The first kappa shape index (κ1) is 7.62. The molecule has 0 aliphatic heterocycles. The fourth-order valence-corrected chi connectivity index (χ4v) is 1.60. The fraction of sp³-hybridized carbons (Fsp3) is 0.222. The summed E-state index contributed by atoms with van der Waals surface area (Å²) < 4.78 is 1.80. The van der Waals surface area contributed by atoms with Crippen molar-refractivity contribution in [1.29, 1.82) is 0 Å². The lowest BCUT2D eigenvalue weighted by Crippen LogP contribution is -1.88. The molecule has 0 aliphatic carbocycles. The summed E-state index contributed by atoms with van der Waals surface area (Å²) in [5.74, 6) is 0. The van der Waals surface area contributed by atoms with Crippen molar-refractivity contribution in [3.63, 3.8) is 0 Å². The molecule has 0 atom stereocenters. The van der Waals surface area contributed by atoms with Crippen LogP contribution in [0.15, 0.2) is 18.2 Å². The molecule has 3 heteroatoms. The number of halogens is 1. The van der Waals surface area contributed by atoms with Crippen LogP contribution in [0.3, 0.4) is 0 Å². The van der Waals surface area contributed by atoms with Gasteiger partial charge in [-0.2, -0.15) is 5.10 Å². The smallest absolute Gasteiger partial charge is 0.158 e. The second-order valence-corrected chi connectivity index (χ2v) is 3.29. The van der Waals surface area contributed by atoms with Crippen LogP contribution in [0.1, 0.15) is 5.56 Å². The number of aryl methyl sites for hydroxylation is 2. The third-order valence-electron chi connectivity index (χ3n) is 1.96. The fourth-order valence-electron chi connectivity index (χ4n) is 1.32. The number of nitrogens with zero attached hydrogens (tertiary/aromatic N) is 2. The number of aromatic nitrogens is 2. The summed E-state index contributed by atoms with van der Waals surface area (Å²) in [7, 11) is 1.90. The molecule has 1 heterocycles. The van der Waals surface area contributed by atoms with Crippen molar-refractivity contribution in [2.75, 3.05) is 0 Å². The van der Waals surface area contributed by atoms with Gasteiger partial charge in [0.15, 0.2) is 5.15 Å². The van der Waals surface area contributed by atoms with Crippen molar-refractivity contribution in [2.45, 2.75) is 6.92 Å². The zero-order valence-corrected chi connectivity index (χ0v) is 7.76. The second kappa shape index (κ2) is 2.49. The van der Waals surface area contributed by atoms with Crippen LogP contribution in [0.25, 0.3) is 10.9 Å². The van der Waals surface area contributed by atoms with E-state index in [9.17, 15) is 0 Å². The van der Waals surface area contributed by atoms with E-state index in [4.69, 9.17) is 11.6 Å². The first-order chi connectivity index (χ1) is 5.68. The summed E-state index contributed by atoms with van der Waals surface area (Å²) in [5.41, 5.74) is 2.31. The Morgan fingerprint density at radius 1 is 1.42 bits per heavy atom. The molecule has 0 aliphatic rings. The summed E-state index contributed by atoms with van der Waals surface area (Å²) in [4.78, 5) is 0. The van der Waals surface area contributed by atoms with E-state index in [1.165, 1.54) is 5.56 Å². The second-order valence-electron chi connectivity index (χ2n) is 2.94. The van der Waals surface area contributed by atoms with Gasteiger partial charge in [0.1, 0.15) is 0 Å². The van der Waals surface area contributed by atoms with Gasteiger partial charge >= 0.3 is 0 Å². The predicted octanol–water partition coefficient (Wildman–Crippen LogP) is 2.54. The van der Waals surface area contributed by atoms with Gasteiger partial charge in [0, 0.05) is 12.4 Å². The number of rotatable bonds is 0. The predicted molar refractivity (Wildman–Crippen MR) is 50.5 cm³/mol. The highest BCUT2D eigenvalue weighted by molar-refractivity contribution is 6.34. The average molecular weight is 181 g/mol. The number of fused-ring (bicyclic) bond motifs is 1.